The quantitative estimate of drug-likeness (QED) is 0.802. The first-order chi connectivity index (χ1) is 13.6. The number of fused-ring (bicyclic) bond motifs is 1. The zero-order chi connectivity index (χ0) is 19.5. The van der Waals surface area contributed by atoms with Crippen LogP contribution in [0.25, 0.3) is 0 Å². The van der Waals surface area contributed by atoms with Crippen molar-refractivity contribution < 1.29 is 9.59 Å². The van der Waals surface area contributed by atoms with Crippen molar-refractivity contribution in [2.24, 2.45) is 5.73 Å². The lowest BCUT2D eigenvalue weighted by molar-refractivity contribution is 0.100. The Hall–Kier alpha value is -2.18. The Morgan fingerprint density at radius 2 is 1.71 bits per heavy atom. The van der Waals surface area contributed by atoms with Gasteiger partial charge in [0.05, 0.1) is 5.56 Å². The van der Waals surface area contributed by atoms with Crippen LogP contribution in [0, 0.1) is 0 Å². The predicted octanol–water partition coefficient (Wildman–Crippen LogP) is 3.96. The lowest BCUT2D eigenvalue weighted by Gasteiger charge is -2.26. The number of thiophene rings is 1. The molecular weight excluding hydrogens is 370 g/mol. The Morgan fingerprint density at radius 1 is 1.00 bits per heavy atom. The molecule has 6 heteroatoms. The van der Waals surface area contributed by atoms with Crippen molar-refractivity contribution in [1.82, 2.24) is 4.90 Å². The van der Waals surface area contributed by atoms with Gasteiger partial charge in [0.15, 0.2) is 0 Å². The van der Waals surface area contributed by atoms with E-state index in [0.29, 0.717) is 16.1 Å². The first-order valence-electron chi connectivity index (χ1n) is 10.2. The molecule has 1 aromatic heterocycles. The van der Waals surface area contributed by atoms with Crippen LogP contribution in [0.3, 0.4) is 0 Å². The molecule has 2 heterocycles. The number of hydrogen-bond acceptors (Lipinski definition) is 4. The van der Waals surface area contributed by atoms with Gasteiger partial charge in [0, 0.05) is 17.0 Å². The SMILES string of the molecule is NC(=O)c1c(NC(=O)c2ccc(CN3CCCCC3)cc2)sc2c1CCCC2. The van der Waals surface area contributed by atoms with Crippen molar-refractivity contribution in [3.63, 3.8) is 0 Å². The van der Waals surface area contributed by atoms with E-state index in [1.54, 1.807) is 0 Å². The molecule has 1 fully saturated rings. The van der Waals surface area contributed by atoms with Crippen LogP contribution in [0.4, 0.5) is 5.00 Å². The number of hydrogen-bond donors (Lipinski definition) is 2. The van der Waals surface area contributed by atoms with Crippen LogP contribution in [-0.2, 0) is 19.4 Å². The minimum absolute atomic E-state index is 0.189. The monoisotopic (exact) mass is 397 g/mol. The van der Waals surface area contributed by atoms with Crippen LogP contribution < -0.4 is 11.1 Å². The van der Waals surface area contributed by atoms with Crippen LogP contribution >= 0.6 is 11.3 Å². The summed E-state index contributed by atoms with van der Waals surface area (Å²) in [5, 5.41) is 3.53. The van der Waals surface area contributed by atoms with Crippen LogP contribution in [-0.4, -0.2) is 29.8 Å². The summed E-state index contributed by atoms with van der Waals surface area (Å²) in [5.41, 5.74) is 8.99. The molecule has 1 aliphatic heterocycles. The number of aryl methyl sites for hydroxylation is 1. The van der Waals surface area contributed by atoms with Gasteiger partial charge in [0.2, 0.25) is 0 Å². The summed E-state index contributed by atoms with van der Waals surface area (Å²) < 4.78 is 0. The zero-order valence-electron chi connectivity index (χ0n) is 16.1. The number of primary amides is 1. The number of carbonyl (C=O) groups excluding carboxylic acids is 2. The van der Waals surface area contributed by atoms with Gasteiger partial charge in [-0.25, -0.2) is 0 Å². The Labute approximate surface area is 169 Å². The third-order valence-electron chi connectivity index (χ3n) is 5.72. The molecule has 3 N–H and O–H groups in total. The molecule has 28 heavy (non-hydrogen) atoms. The van der Waals surface area contributed by atoms with E-state index in [0.717, 1.165) is 50.9 Å². The van der Waals surface area contributed by atoms with E-state index < -0.39 is 5.91 Å². The highest BCUT2D eigenvalue weighted by atomic mass is 32.1. The summed E-state index contributed by atoms with van der Waals surface area (Å²) in [6, 6.07) is 7.79. The fourth-order valence-corrected chi connectivity index (χ4v) is 5.52. The van der Waals surface area contributed by atoms with Gasteiger partial charge in [0.1, 0.15) is 5.00 Å². The van der Waals surface area contributed by atoms with E-state index in [9.17, 15) is 9.59 Å². The second-order valence-corrected chi connectivity index (χ2v) is 8.87. The first kappa shape index (κ1) is 19.2. The summed E-state index contributed by atoms with van der Waals surface area (Å²) in [6.45, 7) is 3.24. The highest BCUT2D eigenvalue weighted by Gasteiger charge is 2.25. The maximum absolute atomic E-state index is 12.7. The number of amides is 2. The molecule has 2 aliphatic rings. The van der Waals surface area contributed by atoms with Crippen molar-refractivity contribution in [3.8, 4) is 0 Å². The highest BCUT2D eigenvalue weighted by molar-refractivity contribution is 7.17. The van der Waals surface area contributed by atoms with Crippen LogP contribution in [0.15, 0.2) is 24.3 Å². The van der Waals surface area contributed by atoms with Crippen molar-refractivity contribution in [3.05, 3.63) is 51.4 Å². The molecule has 0 atom stereocenters. The predicted molar refractivity (Wildman–Crippen MR) is 113 cm³/mol. The normalized spacial score (nSPS) is 17.1. The number of nitrogens with zero attached hydrogens (tertiary/aromatic N) is 1. The molecular formula is C22H27N3O2S. The molecule has 0 spiro atoms. The summed E-state index contributed by atoms with van der Waals surface area (Å²) in [5.74, 6) is -0.641. The molecule has 1 aromatic carbocycles. The molecule has 1 aliphatic carbocycles. The second-order valence-electron chi connectivity index (χ2n) is 7.77. The third-order valence-corrected chi connectivity index (χ3v) is 6.92. The van der Waals surface area contributed by atoms with Crippen molar-refractivity contribution in [1.29, 1.82) is 0 Å². The number of rotatable bonds is 5. The fraction of sp³-hybridized carbons (Fsp3) is 0.455. The average Bonchev–Trinajstić information content (AvgIpc) is 3.07. The smallest absolute Gasteiger partial charge is 0.256 e. The topological polar surface area (TPSA) is 75.4 Å². The van der Waals surface area contributed by atoms with E-state index in [1.165, 1.54) is 41.0 Å². The van der Waals surface area contributed by atoms with Gasteiger partial charge in [-0.1, -0.05) is 18.6 Å². The standard InChI is InChI=1S/C22H27N3O2S/c23-20(26)19-17-6-2-3-7-18(17)28-22(19)24-21(27)16-10-8-15(9-11-16)14-25-12-4-1-5-13-25/h8-11H,1-7,12-14H2,(H2,23,26)(H,24,27). The fourth-order valence-electron chi connectivity index (χ4n) is 4.23. The highest BCUT2D eigenvalue weighted by Crippen LogP contribution is 2.38. The number of benzene rings is 1. The van der Waals surface area contributed by atoms with E-state index in [1.807, 2.05) is 24.3 Å². The molecule has 4 rings (SSSR count). The van der Waals surface area contributed by atoms with Gasteiger partial charge >= 0.3 is 0 Å². The number of nitrogens with one attached hydrogen (secondary N) is 1. The summed E-state index contributed by atoms with van der Waals surface area (Å²) in [4.78, 5) is 28.4. The van der Waals surface area contributed by atoms with Crippen molar-refractivity contribution >= 4 is 28.2 Å². The lowest BCUT2D eigenvalue weighted by atomic mass is 9.95. The van der Waals surface area contributed by atoms with Gasteiger partial charge in [-0.15, -0.1) is 11.3 Å². The minimum Gasteiger partial charge on any atom is -0.365 e. The van der Waals surface area contributed by atoms with Crippen LogP contribution in [0.2, 0.25) is 0 Å². The Balaban J connectivity index is 1.46. The van der Waals surface area contributed by atoms with Gasteiger partial charge < -0.3 is 11.1 Å². The maximum Gasteiger partial charge on any atom is 0.256 e. The molecule has 0 unspecified atom stereocenters. The van der Waals surface area contributed by atoms with E-state index >= 15 is 0 Å². The zero-order valence-corrected chi connectivity index (χ0v) is 16.9. The molecule has 2 amide bonds. The van der Waals surface area contributed by atoms with E-state index in [4.69, 9.17) is 5.73 Å². The van der Waals surface area contributed by atoms with Gasteiger partial charge in [-0.3, -0.25) is 14.5 Å². The molecule has 148 valence electrons. The summed E-state index contributed by atoms with van der Waals surface area (Å²) in [6.07, 6.45) is 7.88. The molecule has 0 bridgehead atoms. The number of carbonyl (C=O) groups is 2. The van der Waals surface area contributed by atoms with E-state index in [-0.39, 0.29) is 5.91 Å². The molecule has 5 nitrogen and oxygen atoms in total. The largest absolute Gasteiger partial charge is 0.365 e. The maximum atomic E-state index is 12.7. The number of likely N-dealkylation sites (tertiary alicyclic amines) is 1. The number of nitrogens with two attached hydrogens (primary N) is 1. The lowest BCUT2D eigenvalue weighted by Crippen LogP contribution is -2.29. The van der Waals surface area contributed by atoms with Crippen LogP contribution in [0.5, 0.6) is 0 Å². The average molecular weight is 398 g/mol. The Bertz CT molecular complexity index is 867. The van der Waals surface area contributed by atoms with Crippen molar-refractivity contribution in [2.45, 2.75) is 51.5 Å². The van der Waals surface area contributed by atoms with Gasteiger partial charge in [-0.05, 0) is 74.9 Å². The molecule has 2 aromatic rings. The summed E-state index contributed by atoms with van der Waals surface area (Å²) >= 11 is 1.50. The second kappa shape index (κ2) is 8.45. The van der Waals surface area contributed by atoms with Crippen molar-refractivity contribution in [2.75, 3.05) is 18.4 Å². The van der Waals surface area contributed by atoms with Gasteiger partial charge in [0.25, 0.3) is 11.8 Å². The minimum atomic E-state index is -0.452. The first-order valence-corrected chi connectivity index (χ1v) is 11.0. The van der Waals surface area contributed by atoms with E-state index in [2.05, 4.69) is 10.2 Å². The molecule has 0 radical (unpaired) electrons. The molecule has 1 saturated heterocycles. The van der Waals surface area contributed by atoms with Gasteiger partial charge in [-0.2, -0.15) is 0 Å². The Morgan fingerprint density at radius 3 is 2.43 bits per heavy atom. The third kappa shape index (κ3) is 4.13. The summed E-state index contributed by atoms with van der Waals surface area (Å²) in [7, 11) is 0. The van der Waals surface area contributed by atoms with Crippen LogP contribution in [0.1, 0.15) is 68.8 Å². The molecule has 0 saturated carbocycles. The number of anilines is 1. The number of piperidine rings is 1. The Kier molecular flexibility index (Phi) is 5.78.